The highest BCUT2D eigenvalue weighted by Crippen LogP contribution is 2.10. The van der Waals surface area contributed by atoms with Crippen LogP contribution in [0.5, 0.6) is 0 Å². The number of halogens is 2. The number of hydrogen-bond donors (Lipinski definition) is 2. The Labute approximate surface area is 119 Å². The number of nitrogens with one attached hydrogen (secondary N) is 2. The van der Waals surface area contributed by atoms with Crippen molar-refractivity contribution in [2.24, 2.45) is 0 Å². The first-order valence-corrected chi connectivity index (χ1v) is 6.09. The zero-order chi connectivity index (χ0) is 15.8. The van der Waals surface area contributed by atoms with Gasteiger partial charge in [-0.3, -0.25) is 9.59 Å². The molecule has 0 fully saturated rings. The van der Waals surface area contributed by atoms with Crippen molar-refractivity contribution in [3.8, 4) is 0 Å². The molecule has 0 aliphatic heterocycles. The van der Waals surface area contributed by atoms with Gasteiger partial charge in [0, 0.05) is 12.6 Å². The number of benzene rings is 1. The van der Waals surface area contributed by atoms with Gasteiger partial charge in [0.15, 0.2) is 6.61 Å². The summed E-state index contributed by atoms with van der Waals surface area (Å²) in [5.74, 6) is -4.11. The molecule has 0 aliphatic carbocycles. The van der Waals surface area contributed by atoms with Crippen LogP contribution in [-0.2, 0) is 14.3 Å². The van der Waals surface area contributed by atoms with E-state index in [9.17, 15) is 23.2 Å². The lowest BCUT2D eigenvalue weighted by Crippen LogP contribution is -2.38. The van der Waals surface area contributed by atoms with Crippen LogP contribution in [0, 0.1) is 11.6 Å². The van der Waals surface area contributed by atoms with Crippen molar-refractivity contribution in [1.82, 2.24) is 10.6 Å². The molecular formula is C13H14F2N2O4. The zero-order valence-electron chi connectivity index (χ0n) is 11.2. The lowest BCUT2D eigenvalue weighted by molar-refractivity contribution is -0.127. The number of carbonyl (C=O) groups excluding carboxylic acids is 3. The van der Waals surface area contributed by atoms with E-state index in [0.29, 0.717) is 12.6 Å². The van der Waals surface area contributed by atoms with Crippen LogP contribution in [0.15, 0.2) is 18.2 Å². The molecule has 1 rings (SSSR count). The van der Waals surface area contributed by atoms with Crippen LogP contribution in [0.4, 0.5) is 8.78 Å². The SMILES string of the molecule is CCNC(=O)CNC(=O)COC(=O)c1ccc(F)cc1F. The van der Waals surface area contributed by atoms with Gasteiger partial charge in [0.1, 0.15) is 11.6 Å². The van der Waals surface area contributed by atoms with Gasteiger partial charge in [0.2, 0.25) is 5.91 Å². The Balaban J connectivity index is 2.42. The summed E-state index contributed by atoms with van der Waals surface area (Å²) in [6.45, 7) is 1.22. The number of carbonyl (C=O) groups is 3. The molecule has 0 atom stereocenters. The van der Waals surface area contributed by atoms with Crippen LogP contribution >= 0.6 is 0 Å². The fraction of sp³-hybridized carbons (Fsp3) is 0.308. The van der Waals surface area contributed by atoms with Crippen molar-refractivity contribution in [2.45, 2.75) is 6.92 Å². The molecule has 0 aromatic heterocycles. The number of rotatable bonds is 6. The number of hydrogen-bond acceptors (Lipinski definition) is 4. The minimum Gasteiger partial charge on any atom is -0.452 e. The fourth-order valence-electron chi connectivity index (χ4n) is 1.35. The van der Waals surface area contributed by atoms with Crippen LogP contribution < -0.4 is 10.6 Å². The lowest BCUT2D eigenvalue weighted by atomic mass is 10.2. The summed E-state index contributed by atoms with van der Waals surface area (Å²) in [4.78, 5) is 33.8. The molecule has 0 spiro atoms. The van der Waals surface area contributed by atoms with Crippen molar-refractivity contribution < 1.29 is 27.9 Å². The number of amides is 2. The summed E-state index contributed by atoms with van der Waals surface area (Å²) in [5, 5.41) is 4.67. The van der Waals surface area contributed by atoms with Gasteiger partial charge in [-0.25, -0.2) is 13.6 Å². The van der Waals surface area contributed by atoms with Gasteiger partial charge >= 0.3 is 5.97 Å². The van der Waals surface area contributed by atoms with Crippen molar-refractivity contribution in [3.05, 3.63) is 35.4 Å². The maximum absolute atomic E-state index is 13.3. The second-order valence-electron chi connectivity index (χ2n) is 3.93. The van der Waals surface area contributed by atoms with E-state index < -0.39 is 35.7 Å². The molecule has 0 aliphatic rings. The van der Waals surface area contributed by atoms with Crippen LogP contribution in [0.1, 0.15) is 17.3 Å². The van der Waals surface area contributed by atoms with Crippen LogP contribution in [0.2, 0.25) is 0 Å². The Bertz CT molecular complexity index is 549. The molecule has 114 valence electrons. The molecule has 1 aromatic carbocycles. The van der Waals surface area contributed by atoms with E-state index in [1.807, 2.05) is 0 Å². The first kappa shape index (κ1) is 16.5. The third-order valence-corrected chi connectivity index (χ3v) is 2.31. The largest absolute Gasteiger partial charge is 0.452 e. The lowest BCUT2D eigenvalue weighted by Gasteiger charge is -2.07. The number of esters is 1. The smallest absolute Gasteiger partial charge is 0.341 e. The highest BCUT2D eigenvalue weighted by atomic mass is 19.1. The molecule has 2 amide bonds. The van der Waals surface area contributed by atoms with Gasteiger partial charge in [-0.2, -0.15) is 0 Å². The molecule has 0 saturated carbocycles. The first-order valence-electron chi connectivity index (χ1n) is 6.09. The summed E-state index contributed by atoms with van der Waals surface area (Å²) >= 11 is 0. The predicted octanol–water partition coefficient (Wildman–Crippen LogP) is 0.374. The van der Waals surface area contributed by atoms with Gasteiger partial charge in [-0.05, 0) is 19.1 Å². The maximum Gasteiger partial charge on any atom is 0.341 e. The normalized spacial score (nSPS) is 9.86. The van der Waals surface area contributed by atoms with E-state index in [0.717, 1.165) is 12.1 Å². The number of likely N-dealkylation sites (N-methyl/N-ethyl adjacent to an activating group) is 1. The van der Waals surface area contributed by atoms with Gasteiger partial charge < -0.3 is 15.4 Å². The predicted molar refractivity (Wildman–Crippen MR) is 68.3 cm³/mol. The molecular weight excluding hydrogens is 286 g/mol. The Morgan fingerprint density at radius 3 is 2.48 bits per heavy atom. The quantitative estimate of drug-likeness (QED) is 0.744. The average Bonchev–Trinajstić information content (AvgIpc) is 2.43. The minimum absolute atomic E-state index is 0.255. The third kappa shape index (κ3) is 5.55. The molecule has 0 heterocycles. The minimum atomic E-state index is -1.10. The Morgan fingerprint density at radius 2 is 1.86 bits per heavy atom. The summed E-state index contributed by atoms with van der Waals surface area (Å²) in [6.07, 6.45) is 0. The highest BCUT2D eigenvalue weighted by Gasteiger charge is 2.15. The van der Waals surface area contributed by atoms with Crippen molar-refractivity contribution >= 4 is 17.8 Å². The van der Waals surface area contributed by atoms with Gasteiger partial charge in [0.25, 0.3) is 5.91 Å². The Hall–Kier alpha value is -2.51. The summed E-state index contributed by atoms with van der Waals surface area (Å²) in [5.41, 5.74) is -0.479. The standard InChI is InChI=1S/C13H14F2N2O4/c1-2-16-11(18)6-17-12(19)7-21-13(20)9-4-3-8(14)5-10(9)15/h3-5H,2,6-7H2,1H3,(H,16,18)(H,17,19). The van der Waals surface area contributed by atoms with Crippen molar-refractivity contribution in [1.29, 1.82) is 0 Å². The molecule has 8 heteroatoms. The summed E-state index contributed by atoms with van der Waals surface area (Å²) in [7, 11) is 0. The van der Waals surface area contributed by atoms with E-state index in [1.165, 1.54) is 0 Å². The molecule has 1 aromatic rings. The van der Waals surface area contributed by atoms with E-state index in [1.54, 1.807) is 6.92 Å². The van der Waals surface area contributed by atoms with E-state index in [4.69, 9.17) is 0 Å². The fourth-order valence-corrected chi connectivity index (χ4v) is 1.35. The van der Waals surface area contributed by atoms with E-state index in [-0.39, 0.29) is 12.5 Å². The zero-order valence-corrected chi connectivity index (χ0v) is 11.2. The second-order valence-corrected chi connectivity index (χ2v) is 3.93. The van der Waals surface area contributed by atoms with E-state index >= 15 is 0 Å². The Morgan fingerprint density at radius 1 is 1.14 bits per heavy atom. The third-order valence-electron chi connectivity index (χ3n) is 2.31. The maximum atomic E-state index is 13.3. The molecule has 6 nitrogen and oxygen atoms in total. The molecule has 2 N–H and O–H groups in total. The van der Waals surface area contributed by atoms with E-state index in [2.05, 4.69) is 15.4 Å². The van der Waals surface area contributed by atoms with Crippen LogP contribution in [-0.4, -0.2) is 37.5 Å². The van der Waals surface area contributed by atoms with Gasteiger partial charge in [-0.1, -0.05) is 0 Å². The molecule has 0 radical (unpaired) electrons. The molecule has 0 saturated heterocycles. The van der Waals surface area contributed by atoms with Crippen molar-refractivity contribution in [2.75, 3.05) is 19.7 Å². The van der Waals surface area contributed by atoms with Gasteiger partial charge in [-0.15, -0.1) is 0 Å². The van der Waals surface area contributed by atoms with Crippen molar-refractivity contribution in [3.63, 3.8) is 0 Å². The highest BCUT2D eigenvalue weighted by molar-refractivity contribution is 5.92. The molecule has 0 unspecified atom stereocenters. The monoisotopic (exact) mass is 300 g/mol. The summed E-state index contributed by atoms with van der Waals surface area (Å²) < 4.78 is 30.5. The molecule has 0 bridgehead atoms. The second kappa shape index (κ2) is 7.93. The number of ether oxygens (including phenoxy) is 1. The molecule has 21 heavy (non-hydrogen) atoms. The summed E-state index contributed by atoms with van der Waals surface area (Å²) in [6, 6.07) is 2.35. The van der Waals surface area contributed by atoms with Gasteiger partial charge in [0.05, 0.1) is 12.1 Å². The van der Waals surface area contributed by atoms with Crippen LogP contribution in [0.25, 0.3) is 0 Å². The average molecular weight is 300 g/mol. The van der Waals surface area contributed by atoms with Crippen LogP contribution in [0.3, 0.4) is 0 Å². The Kier molecular flexibility index (Phi) is 6.25. The topological polar surface area (TPSA) is 84.5 Å². The first-order chi connectivity index (χ1) is 9.93.